The molecule has 0 saturated carbocycles. The normalized spacial score (nSPS) is 17.1. The van der Waals surface area contributed by atoms with E-state index in [4.69, 9.17) is 9.47 Å². The fraction of sp³-hybridized carbons (Fsp3) is 0.533. The van der Waals surface area contributed by atoms with Gasteiger partial charge in [0.15, 0.2) is 0 Å². The maximum absolute atomic E-state index is 11.8. The lowest BCUT2D eigenvalue weighted by Crippen LogP contribution is -2.45. The van der Waals surface area contributed by atoms with Crippen molar-refractivity contribution in [2.24, 2.45) is 0 Å². The van der Waals surface area contributed by atoms with Crippen LogP contribution in [0.5, 0.6) is 5.75 Å². The number of hydrogen-bond donors (Lipinski definition) is 1. The van der Waals surface area contributed by atoms with Gasteiger partial charge in [0, 0.05) is 18.7 Å². The van der Waals surface area contributed by atoms with Crippen LogP contribution in [-0.2, 0) is 9.53 Å². The predicted octanol–water partition coefficient (Wildman–Crippen LogP) is 1.12. The molecule has 5 nitrogen and oxygen atoms in total. The van der Waals surface area contributed by atoms with Crippen LogP contribution in [-0.4, -0.2) is 51.3 Å². The van der Waals surface area contributed by atoms with Crippen LogP contribution >= 0.6 is 0 Å². The Labute approximate surface area is 119 Å². The summed E-state index contributed by atoms with van der Waals surface area (Å²) in [5.41, 5.74) is 2.25. The lowest BCUT2D eigenvalue weighted by Gasteiger charge is -2.31. The highest BCUT2D eigenvalue weighted by Gasteiger charge is 2.24. The Morgan fingerprint density at radius 1 is 1.50 bits per heavy atom. The Bertz CT molecular complexity index is 476. The molecule has 1 amide bonds. The lowest BCUT2D eigenvalue weighted by molar-refractivity contribution is -0.143. The second-order valence-electron chi connectivity index (χ2n) is 4.98. The van der Waals surface area contributed by atoms with Crippen LogP contribution in [0.25, 0.3) is 0 Å². The van der Waals surface area contributed by atoms with Gasteiger partial charge in [-0.3, -0.25) is 4.79 Å². The van der Waals surface area contributed by atoms with Crippen molar-refractivity contribution in [3.63, 3.8) is 0 Å². The lowest BCUT2D eigenvalue weighted by atomic mass is 10.0. The number of benzene rings is 1. The molecule has 1 aliphatic rings. The number of ether oxygens (including phenoxy) is 2. The van der Waals surface area contributed by atoms with Crippen LogP contribution in [0.4, 0.5) is 0 Å². The first-order valence-corrected chi connectivity index (χ1v) is 6.83. The summed E-state index contributed by atoms with van der Waals surface area (Å²) in [7, 11) is 3.57. The van der Waals surface area contributed by atoms with Gasteiger partial charge in [0.1, 0.15) is 12.4 Å². The fourth-order valence-electron chi connectivity index (χ4n) is 2.43. The quantitative estimate of drug-likeness (QED) is 0.877. The van der Waals surface area contributed by atoms with Gasteiger partial charge in [-0.25, -0.2) is 0 Å². The molecular weight excluding hydrogens is 256 g/mol. The fourth-order valence-corrected chi connectivity index (χ4v) is 2.43. The first-order valence-electron chi connectivity index (χ1n) is 6.83. The first kappa shape index (κ1) is 14.8. The molecule has 5 heteroatoms. The third kappa shape index (κ3) is 3.29. The number of methoxy groups -OCH3 is 1. The predicted molar refractivity (Wildman–Crippen MR) is 76.9 cm³/mol. The van der Waals surface area contributed by atoms with E-state index < -0.39 is 0 Å². The molecule has 1 heterocycles. The van der Waals surface area contributed by atoms with E-state index in [0.29, 0.717) is 19.7 Å². The van der Waals surface area contributed by atoms with E-state index in [0.717, 1.165) is 11.3 Å². The maximum Gasteiger partial charge on any atom is 0.248 e. The Kier molecular flexibility index (Phi) is 4.98. The molecule has 1 aromatic carbocycles. The van der Waals surface area contributed by atoms with Crippen LogP contribution in [0, 0.1) is 6.92 Å². The number of nitrogens with zero attached hydrogens (tertiary/aromatic N) is 1. The maximum atomic E-state index is 11.8. The van der Waals surface area contributed by atoms with Crippen molar-refractivity contribution in [1.82, 2.24) is 10.2 Å². The van der Waals surface area contributed by atoms with Gasteiger partial charge in [-0.1, -0.05) is 17.7 Å². The third-order valence-corrected chi connectivity index (χ3v) is 3.60. The Balaban J connectivity index is 2.19. The number of carbonyl (C=O) groups excluding carboxylic acids is 1. The van der Waals surface area contributed by atoms with E-state index in [1.54, 1.807) is 7.11 Å². The molecule has 1 unspecified atom stereocenters. The summed E-state index contributed by atoms with van der Waals surface area (Å²) < 4.78 is 10.6. The van der Waals surface area contributed by atoms with Gasteiger partial charge in [0.05, 0.1) is 19.8 Å². The first-order chi connectivity index (χ1) is 9.65. The van der Waals surface area contributed by atoms with Crippen LogP contribution < -0.4 is 10.1 Å². The number of amides is 1. The minimum atomic E-state index is 0.0446. The number of rotatable bonds is 5. The molecule has 1 N–H and O–H groups in total. The number of nitrogens with one attached hydrogen (secondary N) is 1. The smallest absolute Gasteiger partial charge is 0.248 e. The van der Waals surface area contributed by atoms with Gasteiger partial charge in [0.2, 0.25) is 5.91 Å². The van der Waals surface area contributed by atoms with Crippen molar-refractivity contribution in [2.45, 2.75) is 13.0 Å². The highest BCUT2D eigenvalue weighted by atomic mass is 16.5. The topological polar surface area (TPSA) is 50.8 Å². The summed E-state index contributed by atoms with van der Waals surface area (Å²) in [5, 5.41) is 3.27. The summed E-state index contributed by atoms with van der Waals surface area (Å²) in [6, 6.07) is 6.14. The molecule has 0 bridgehead atoms. The number of morpholine rings is 1. The van der Waals surface area contributed by atoms with Gasteiger partial charge in [-0.05, 0) is 20.0 Å². The van der Waals surface area contributed by atoms with Crippen molar-refractivity contribution in [2.75, 3.05) is 40.5 Å². The summed E-state index contributed by atoms with van der Waals surface area (Å²) in [5.74, 6) is 0.888. The van der Waals surface area contributed by atoms with Crippen molar-refractivity contribution < 1.29 is 14.3 Å². The molecule has 0 radical (unpaired) electrons. The SMILES string of the molecule is CNC(CN1CCOCC1=O)c1cc(C)ccc1OC. The van der Waals surface area contributed by atoms with Gasteiger partial charge in [0.25, 0.3) is 0 Å². The van der Waals surface area contributed by atoms with Gasteiger partial charge in [-0.15, -0.1) is 0 Å². The number of carbonyl (C=O) groups is 1. The van der Waals surface area contributed by atoms with E-state index in [2.05, 4.69) is 18.3 Å². The molecule has 0 aliphatic carbocycles. The van der Waals surface area contributed by atoms with Gasteiger partial charge < -0.3 is 19.7 Å². The molecule has 1 aliphatic heterocycles. The molecule has 0 spiro atoms. The van der Waals surface area contributed by atoms with Crippen LogP contribution in [0.15, 0.2) is 18.2 Å². The average molecular weight is 278 g/mol. The highest BCUT2D eigenvalue weighted by molar-refractivity contribution is 5.78. The molecule has 0 aromatic heterocycles. The Hall–Kier alpha value is -1.59. The van der Waals surface area contributed by atoms with E-state index in [9.17, 15) is 4.79 Å². The second-order valence-corrected chi connectivity index (χ2v) is 4.98. The molecule has 1 aromatic rings. The van der Waals surface area contributed by atoms with Crippen LogP contribution in [0.1, 0.15) is 17.2 Å². The van der Waals surface area contributed by atoms with Crippen molar-refractivity contribution in [3.05, 3.63) is 29.3 Å². The zero-order chi connectivity index (χ0) is 14.5. The molecular formula is C15H22N2O3. The van der Waals surface area contributed by atoms with E-state index in [-0.39, 0.29) is 18.6 Å². The number of likely N-dealkylation sites (N-methyl/N-ethyl adjacent to an activating group) is 1. The highest BCUT2D eigenvalue weighted by Crippen LogP contribution is 2.27. The van der Waals surface area contributed by atoms with Crippen LogP contribution in [0.2, 0.25) is 0 Å². The van der Waals surface area contributed by atoms with E-state index in [1.165, 1.54) is 5.56 Å². The molecule has 2 rings (SSSR count). The molecule has 20 heavy (non-hydrogen) atoms. The second kappa shape index (κ2) is 6.72. The van der Waals surface area contributed by atoms with Gasteiger partial charge in [-0.2, -0.15) is 0 Å². The minimum absolute atomic E-state index is 0.0446. The zero-order valence-corrected chi connectivity index (χ0v) is 12.3. The van der Waals surface area contributed by atoms with Crippen LogP contribution in [0.3, 0.4) is 0 Å². The standard InChI is InChI=1S/C15H22N2O3/c1-11-4-5-14(19-3)12(8-11)13(16-2)9-17-6-7-20-10-15(17)18/h4-5,8,13,16H,6-7,9-10H2,1-3H3. The monoisotopic (exact) mass is 278 g/mol. The van der Waals surface area contributed by atoms with E-state index >= 15 is 0 Å². The average Bonchev–Trinajstić information content (AvgIpc) is 2.46. The Morgan fingerprint density at radius 2 is 2.30 bits per heavy atom. The molecule has 1 atom stereocenters. The van der Waals surface area contributed by atoms with E-state index in [1.807, 2.05) is 24.1 Å². The molecule has 110 valence electrons. The van der Waals surface area contributed by atoms with Crippen molar-refractivity contribution in [1.29, 1.82) is 0 Å². The molecule has 1 fully saturated rings. The van der Waals surface area contributed by atoms with Crippen molar-refractivity contribution in [3.8, 4) is 5.75 Å². The third-order valence-electron chi connectivity index (χ3n) is 3.60. The van der Waals surface area contributed by atoms with Crippen molar-refractivity contribution >= 4 is 5.91 Å². The summed E-state index contributed by atoms with van der Waals surface area (Å²) >= 11 is 0. The summed E-state index contributed by atoms with van der Waals surface area (Å²) in [4.78, 5) is 13.7. The number of hydrogen-bond acceptors (Lipinski definition) is 4. The summed E-state index contributed by atoms with van der Waals surface area (Å²) in [6.07, 6.45) is 0. The minimum Gasteiger partial charge on any atom is -0.496 e. The Morgan fingerprint density at radius 3 is 2.95 bits per heavy atom. The zero-order valence-electron chi connectivity index (χ0n) is 12.3. The van der Waals surface area contributed by atoms with Gasteiger partial charge >= 0.3 is 0 Å². The molecule has 1 saturated heterocycles. The largest absolute Gasteiger partial charge is 0.496 e. The number of aryl methyl sites for hydroxylation is 1. The summed E-state index contributed by atoms with van der Waals surface area (Å²) in [6.45, 7) is 4.10.